The van der Waals surface area contributed by atoms with E-state index in [2.05, 4.69) is 9.97 Å². The molecule has 2 aromatic rings. The summed E-state index contributed by atoms with van der Waals surface area (Å²) in [6, 6.07) is 7.43. The number of amides is 1. The molecule has 0 N–H and O–H groups in total. The Kier molecular flexibility index (Phi) is 4.54. The molecule has 8 heteroatoms. The highest BCUT2D eigenvalue weighted by atomic mass is 32.2. The van der Waals surface area contributed by atoms with E-state index in [1.54, 1.807) is 11.9 Å². The van der Waals surface area contributed by atoms with Crippen LogP contribution in [0.3, 0.4) is 0 Å². The topological polar surface area (TPSA) is 80.2 Å². The fourth-order valence-corrected chi connectivity index (χ4v) is 5.30. The molecule has 0 spiro atoms. The normalized spacial score (nSPS) is 19.8. The van der Waals surface area contributed by atoms with E-state index in [1.807, 2.05) is 24.3 Å². The lowest BCUT2D eigenvalue weighted by molar-refractivity contribution is -0.128. The van der Waals surface area contributed by atoms with Gasteiger partial charge in [0.2, 0.25) is 5.91 Å². The van der Waals surface area contributed by atoms with Crippen LogP contribution in [0.4, 0.5) is 0 Å². The SMILES string of the molecule is CN(C(=O)CSc1ncnc2ccccc12)[C@H]1CCS(=O)(=O)C1. The Morgan fingerprint density at radius 1 is 1.35 bits per heavy atom. The van der Waals surface area contributed by atoms with Crippen molar-refractivity contribution in [2.45, 2.75) is 17.5 Å². The minimum atomic E-state index is -2.99. The molecule has 23 heavy (non-hydrogen) atoms. The van der Waals surface area contributed by atoms with Gasteiger partial charge in [-0.1, -0.05) is 30.0 Å². The molecule has 2 heterocycles. The van der Waals surface area contributed by atoms with Crippen LogP contribution < -0.4 is 0 Å². The van der Waals surface area contributed by atoms with E-state index in [1.165, 1.54) is 18.1 Å². The molecule has 0 bridgehead atoms. The zero-order chi connectivity index (χ0) is 16.4. The van der Waals surface area contributed by atoms with Crippen LogP contribution in [0.2, 0.25) is 0 Å². The maximum absolute atomic E-state index is 12.3. The van der Waals surface area contributed by atoms with Crippen molar-refractivity contribution in [2.75, 3.05) is 24.3 Å². The lowest BCUT2D eigenvalue weighted by Crippen LogP contribution is -2.38. The highest BCUT2D eigenvalue weighted by Gasteiger charge is 2.32. The second-order valence-corrected chi connectivity index (χ2v) is 8.74. The Morgan fingerprint density at radius 2 is 2.13 bits per heavy atom. The molecule has 1 aliphatic heterocycles. The number of fused-ring (bicyclic) bond motifs is 1. The quantitative estimate of drug-likeness (QED) is 0.611. The summed E-state index contributed by atoms with van der Waals surface area (Å²) < 4.78 is 23.1. The second-order valence-electron chi connectivity index (χ2n) is 5.55. The molecule has 1 aromatic carbocycles. The Morgan fingerprint density at radius 3 is 2.87 bits per heavy atom. The third-order valence-electron chi connectivity index (χ3n) is 3.99. The van der Waals surface area contributed by atoms with E-state index >= 15 is 0 Å². The molecule has 0 unspecified atom stereocenters. The largest absolute Gasteiger partial charge is 0.341 e. The first kappa shape index (κ1) is 16.2. The fraction of sp³-hybridized carbons (Fsp3) is 0.400. The van der Waals surface area contributed by atoms with Gasteiger partial charge in [0.1, 0.15) is 11.4 Å². The van der Waals surface area contributed by atoms with Crippen LogP contribution in [0.1, 0.15) is 6.42 Å². The number of thioether (sulfide) groups is 1. The molecule has 0 radical (unpaired) electrons. The lowest BCUT2D eigenvalue weighted by atomic mass is 10.2. The monoisotopic (exact) mass is 351 g/mol. The minimum absolute atomic E-state index is 0.0658. The molecular weight excluding hydrogens is 334 g/mol. The van der Waals surface area contributed by atoms with Crippen molar-refractivity contribution < 1.29 is 13.2 Å². The van der Waals surface area contributed by atoms with E-state index in [0.29, 0.717) is 6.42 Å². The van der Waals surface area contributed by atoms with Gasteiger partial charge in [0.25, 0.3) is 0 Å². The number of carbonyl (C=O) groups is 1. The number of hydrogen-bond acceptors (Lipinski definition) is 6. The first-order chi connectivity index (χ1) is 11.0. The number of para-hydroxylation sites is 1. The fourth-order valence-electron chi connectivity index (χ4n) is 2.61. The number of aromatic nitrogens is 2. The summed E-state index contributed by atoms with van der Waals surface area (Å²) in [6.07, 6.45) is 2.01. The van der Waals surface area contributed by atoms with Crippen molar-refractivity contribution in [1.82, 2.24) is 14.9 Å². The average Bonchev–Trinajstić information content (AvgIpc) is 2.91. The summed E-state index contributed by atoms with van der Waals surface area (Å²) >= 11 is 1.35. The molecule has 1 amide bonds. The highest BCUT2D eigenvalue weighted by molar-refractivity contribution is 8.00. The molecule has 0 saturated carbocycles. The summed E-state index contributed by atoms with van der Waals surface area (Å²) in [4.78, 5) is 22.3. The van der Waals surface area contributed by atoms with Gasteiger partial charge in [0.15, 0.2) is 9.84 Å². The number of carbonyl (C=O) groups excluding carboxylic acids is 1. The average molecular weight is 351 g/mol. The maximum atomic E-state index is 12.3. The van der Waals surface area contributed by atoms with Crippen molar-refractivity contribution in [1.29, 1.82) is 0 Å². The van der Waals surface area contributed by atoms with Crippen LogP contribution in [0.25, 0.3) is 10.9 Å². The maximum Gasteiger partial charge on any atom is 0.233 e. The predicted molar refractivity (Wildman–Crippen MR) is 90.1 cm³/mol. The Balaban J connectivity index is 1.66. The van der Waals surface area contributed by atoms with Crippen LogP contribution >= 0.6 is 11.8 Å². The van der Waals surface area contributed by atoms with Crippen LogP contribution in [0.5, 0.6) is 0 Å². The van der Waals surface area contributed by atoms with Crippen LogP contribution in [-0.2, 0) is 14.6 Å². The number of benzene rings is 1. The Bertz CT molecular complexity index is 833. The first-order valence-corrected chi connectivity index (χ1v) is 10.1. The predicted octanol–water partition coefficient (Wildman–Crippen LogP) is 1.37. The van der Waals surface area contributed by atoms with Crippen molar-refractivity contribution in [2.24, 2.45) is 0 Å². The molecule has 0 aliphatic carbocycles. The Labute approximate surface area is 139 Å². The number of hydrogen-bond donors (Lipinski definition) is 0. The van der Waals surface area contributed by atoms with Crippen molar-refractivity contribution in [3.05, 3.63) is 30.6 Å². The van der Waals surface area contributed by atoms with E-state index in [9.17, 15) is 13.2 Å². The molecule has 1 saturated heterocycles. The number of rotatable bonds is 4. The molecule has 1 atom stereocenters. The molecule has 1 aromatic heterocycles. The Hall–Kier alpha value is -1.67. The van der Waals surface area contributed by atoms with Gasteiger partial charge >= 0.3 is 0 Å². The third-order valence-corrected chi connectivity index (χ3v) is 6.73. The summed E-state index contributed by atoms with van der Waals surface area (Å²) in [7, 11) is -1.32. The molecular formula is C15H17N3O3S2. The van der Waals surface area contributed by atoms with Gasteiger partial charge in [-0.3, -0.25) is 4.79 Å². The van der Waals surface area contributed by atoms with Crippen LogP contribution in [0, 0.1) is 0 Å². The number of sulfone groups is 1. The van der Waals surface area contributed by atoms with Crippen LogP contribution in [0.15, 0.2) is 35.6 Å². The lowest BCUT2D eigenvalue weighted by Gasteiger charge is -2.23. The molecule has 1 fully saturated rings. The molecule has 3 rings (SSSR count). The molecule has 1 aliphatic rings. The standard InChI is InChI=1S/C15H17N3O3S2/c1-18(11-6-7-23(20,21)9-11)14(19)8-22-15-12-4-2-3-5-13(12)16-10-17-15/h2-5,10-11H,6-9H2,1H3/t11-/m0/s1. The van der Waals surface area contributed by atoms with E-state index < -0.39 is 9.84 Å². The van der Waals surface area contributed by atoms with Gasteiger partial charge in [-0.25, -0.2) is 18.4 Å². The van der Waals surface area contributed by atoms with Crippen molar-refractivity contribution >= 4 is 38.4 Å². The van der Waals surface area contributed by atoms with Crippen molar-refractivity contribution in [3.8, 4) is 0 Å². The zero-order valence-electron chi connectivity index (χ0n) is 12.7. The smallest absolute Gasteiger partial charge is 0.233 e. The van der Waals surface area contributed by atoms with Gasteiger partial charge in [-0.15, -0.1) is 0 Å². The minimum Gasteiger partial charge on any atom is -0.341 e. The van der Waals surface area contributed by atoms with E-state index in [0.717, 1.165) is 15.9 Å². The van der Waals surface area contributed by atoms with Gasteiger partial charge in [0.05, 0.1) is 22.8 Å². The molecule has 122 valence electrons. The first-order valence-electron chi connectivity index (χ1n) is 7.25. The summed E-state index contributed by atoms with van der Waals surface area (Å²) in [5, 5.41) is 1.68. The van der Waals surface area contributed by atoms with Crippen molar-refractivity contribution in [3.63, 3.8) is 0 Å². The third kappa shape index (κ3) is 3.64. The van der Waals surface area contributed by atoms with E-state index in [4.69, 9.17) is 0 Å². The van der Waals surface area contributed by atoms with Gasteiger partial charge in [0, 0.05) is 18.5 Å². The van der Waals surface area contributed by atoms with E-state index in [-0.39, 0.29) is 29.2 Å². The van der Waals surface area contributed by atoms with Gasteiger partial charge in [-0.05, 0) is 12.5 Å². The van der Waals surface area contributed by atoms with Gasteiger partial charge in [-0.2, -0.15) is 0 Å². The van der Waals surface area contributed by atoms with Crippen LogP contribution in [-0.4, -0.2) is 59.5 Å². The summed E-state index contributed by atoms with van der Waals surface area (Å²) in [5.74, 6) is 0.378. The summed E-state index contributed by atoms with van der Waals surface area (Å²) in [6.45, 7) is 0. The second kappa shape index (κ2) is 6.45. The van der Waals surface area contributed by atoms with Gasteiger partial charge < -0.3 is 4.90 Å². The number of nitrogens with zero attached hydrogens (tertiary/aromatic N) is 3. The zero-order valence-corrected chi connectivity index (χ0v) is 14.3. The summed E-state index contributed by atoms with van der Waals surface area (Å²) in [5.41, 5.74) is 0.840. The molecule has 6 nitrogen and oxygen atoms in total. The highest BCUT2D eigenvalue weighted by Crippen LogP contribution is 2.25.